The molecule has 2 amide bonds. The molecular formula is C26H27N5O2S. The van der Waals surface area contributed by atoms with Gasteiger partial charge in [0, 0.05) is 37.9 Å². The first-order valence-electron chi connectivity index (χ1n) is 11.4. The summed E-state index contributed by atoms with van der Waals surface area (Å²) in [4.78, 5) is 34.4. The second-order valence-corrected chi connectivity index (χ2v) is 9.43. The summed E-state index contributed by atoms with van der Waals surface area (Å²) in [5.41, 5.74) is 2.77. The first-order chi connectivity index (χ1) is 16.5. The van der Waals surface area contributed by atoms with Gasteiger partial charge in [-0.15, -0.1) is 11.3 Å². The molecule has 1 N–H and O–H groups in total. The number of hydrogen-bond acceptors (Lipinski definition) is 6. The van der Waals surface area contributed by atoms with E-state index >= 15 is 0 Å². The molecule has 3 aromatic rings. The maximum absolute atomic E-state index is 13.3. The van der Waals surface area contributed by atoms with Crippen molar-refractivity contribution in [1.82, 2.24) is 9.88 Å². The number of pyridine rings is 1. The highest BCUT2D eigenvalue weighted by Crippen LogP contribution is 2.27. The molecule has 1 aliphatic heterocycles. The van der Waals surface area contributed by atoms with Crippen LogP contribution in [0.3, 0.4) is 0 Å². The second kappa shape index (κ2) is 10.5. The molecule has 3 heterocycles. The number of carbonyl (C=O) groups excluding carboxylic acids is 2. The summed E-state index contributed by atoms with van der Waals surface area (Å²) in [6.07, 6.45) is 2.45. The Labute approximate surface area is 203 Å². The Morgan fingerprint density at radius 2 is 1.88 bits per heavy atom. The van der Waals surface area contributed by atoms with Gasteiger partial charge in [0.25, 0.3) is 11.8 Å². The molecule has 1 aliphatic rings. The molecule has 0 radical (unpaired) electrons. The lowest BCUT2D eigenvalue weighted by Gasteiger charge is -2.23. The predicted octanol–water partition coefficient (Wildman–Crippen LogP) is 4.74. The Balaban J connectivity index is 1.44. The van der Waals surface area contributed by atoms with E-state index in [2.05, 4.69) is 35.1 Å². The maximum Gasteiger partial charge on any atom is 0.256 e. The van der Waals surface area contributed by atoms with Crippen molar-refractivity contribution in [2.24, 2.45) is 0 Å². The molecule has 0 atom stereocenters. The van der Waals surface area contributed by atoms with Crippen LogP contribution in [-0.2, 0) is 0 Å². The number of nitrogens with zero attached hydrogens (tertiary/aromatic N) is 4. The maximum atomic E-state index is 13.3. The molecule has 1 fully saturated rings. The predicted molar refractivity (Wildman–Crippen MR) is 134 cm³/mol. The third-order valence-electron chi connectivity index (χ3n) is 5.95. The highest BCUT2D eigenvalue weighted by atomic mass is 32.1. The van der Waals surface area contributed by atoms with Gasteiger partial charge in [0.2, 0.25) is 0 Å². The Hall–Kier alpha value is -3.70. The highest BCUT2D eigenvalue weighted by Gasteiger charge is 2.25. The van der Waals surface area contributed by atoms with Crippen molar-refractivity contribution in [3.8, 4) is 6.07 Å². The number of anilines is 2. The van der Waals surface area contributed by atoms with E-state index in [4.69, 9.17) is 0 Å². The van der Waals surface area contributed by atoms with Gasteiger partial charge in [-0.05, 0) is 53.6 Å². The van der Waals surface area contributed by atoms with Gasteiger partial charge in [-0.2, -0.15) is 5.26 Å². The molecular weight excluding hydrogens is 446 g/mol. The lowest BCUT2D eigenvalue weighted by molar-refractivity contribution is 0.0768. The lowest BCUT2D eigenvalue weighted by Crippen LogP contribution is -2.35. The van der Waals surface area contributed by atoms with Crippen LogP contribution in [0.5, 0.6) is 0 Å². The SMILES string of the molecule is CC(C)c1ccc(C(=O)Nc2sccc2C(=O)N2CCCN(c3ncccc3C#N)CC2)cc1. The van der Waals surface area contributed by atoms with Crippen molar-refractivity contribution in [3.63, 3.8) is 0 Å². The van der Waals surface area contributed by atoms with Crippen LogP contribution in [0, 0.1) is 11.3 Å². The molecule has 4 rings (SSSR count). The van der Waals surface area contributed by atoms with Gasteiger partial charge in [0.15, 0.2) is 0 Å². The van der Waals surface area contributed by atoms with E-state index in [1.54, 1.807) is 24.4 Å². The summed E-state index contributed by atoms with van der Waals surface area (Å²) in [7, 11) is 0. The van der Waals surface area contributed by atoms with Crippen LogP contribution in [0.2, 0.25) is 0 Å². The number of rotatable bonds is 5. The molecule has 0 unspecified atom stereocenters. The van der Waals surface area contributed by atoms with Crippen LogP contribution in [-0.4, -0.2) is 47.9 Å². The topological polar surface area (TPSA) is 89.3 Å². The zero-order valence-corrected chi connectivity index (χ0v) is 20.1. The third-order valence-corrected chi connectivity index (χ3v) is 6.78. The number of hydrogen-bond donors (Lipinski definition) is 1. The van der Waals surface area contributed by atoms with E-state index in [-0.39, 0.29) is 11.8 Å². The van der Waals surface area contributed by atoms with Gasteiger partial charge in [0.05, 0.1) is 11.1 Å². The van der Waals surface area contributed by atoms with E-state index in [9.17, 15) is 14.9 Å². The normalized spacial score (nSPS) is 13.9. The summed E-state index contributed by atoms with van der Waals surface area (Å²) in [5.74, 6) is 0.724. The minimum Gasteiger partial charge on any atom is -0.354 e. The number of nitriles is 1. The Bertz CT molecular complexity index is 1210. The van der Waals surface area contributed by atoms with Crippen LogP contribution >= 0.6 is 11.3 Å². The van der Waals surface area contributed by atoms with Gasteiger partial charge in [-0.25, -0.2) is 4.98 Å². The first kappa shape index (κ1) is 23.5. The number of thiophene rings is 1. The van der Waals surface area contributed by atoms with Crippen LogP contribution in [0.15, 0.2) is 54.0 Å². The van der Waals surface area contributed by atoms with Crippen molar-refractivity contribution < 1.29 is 9.59 Å². The average molecular weight is 474 g/mol. The first-order valence-corrected chi connectivity index (χ1v) is 12.2. The van der Waals surface area contributed by atoms with Crippen LogP contribution in [0.25, 0.3) is 0 Å². The van der Waals surface area contributed by atoms with Crippen molar-refractivity contribution in [2.45, 2.75) is 26.2 Å². The molecule has 0 bridgehead atoms. The molecule has 2 aromatic heterocycles. The number of aromatic nitrogens is 1. The summed E-state index contributed by atoms with van der Waals surface area (Å²) >= 11 is 1.34. The molecule has 34 heavy (non-hydrogen) atoms. The van der Waals surface area contributed by atoms with Crippen molar-refractivity contribution in [3.05, 3.63) is 76.3 Å². The molecule has 7 nitrogen and oxygen atoms in total. The van der Waals surface area contributed by atoms with Gasteiger partial charge >= 0.3 is 0 Å². The van der Waals surface area contributed by atoms with E-state index in [1.807, 2.05) is 34.5 Å². The summed E-state index contributed by atoms with van der Waals surface area (Å²) < 4.78 is 0. The number of nitrogens with one attached hydrogen (secondary N) is 1. The molecule has 174 valence electrons. The monoisotopic (exact) mass is 473 g/mol. The molecule has 1 aromatic carbocycles. The van der Waals surface area contributed by atoms with Gasteiger partial charge in [0.1, 0.15) is 16.9 Å². The minimum atomic E-state index is -0.229. The molecule has 0 spiro atoms. The molecule has 8 heteroatoms. The fourth-order valence-corrected chi connectivity index (χ4v) is 4.78. The van der Waals surface area contributed by atoms with Crippen LogP contribution in [0.4, 0.5) is 10.8 Å². The zero-order chi connectivity index (χ0) is 24.1. The van der Waals surface area contributed by atoms with E-state index in [0.717, 1.165) is 13.0 Å². The molecule has 0 aliphatic carbocycles. The van der Waals surface area contributed by atoms with Crippen LogP contribution < -0.4 is 10.2 Å². The highest BCUT2D eigenvalue weighted by molar-refractivity contribution is 7.14. The van der Waals surface area contributed by atoms with E-state index < -0.39 is 0 Å². The summed E-state index contributed by atoms with van der Waals surface area (Å²) in [5, 5.41) is 14.7. The van der Waals surface area contributed by atoms with Gasteiger partial charge in [-0.3, -0.25) is 9.59 Å². The van der Waals surface area contributed by atoms with E-state index in [1.165, 1.54) is 16.9 Å². The Morgan fingerprint density at radius 3 is 2.62 bits per heavy atom. The molecule has 1 saturated heterocycles. The fourth-order valence-electron chi connectivity index (χ4n) is 4.01. The number of benzene rings is 1. The Morgan fingerprint density at radius 1 is 1.09 bits per heavy atom. The smallest absolute Gasteiger partial charge is 0.256 e. The number of carbonyl (C=O) groups is 2. The average Bonchev–Trinajstić information content (AvgIpc) is 3.17. The van der Waals surface area contributed by atoms with E-state index in [0.29, 0.717) is 53.1 Å². The summed E-state index contributed by atoms with van der Waals surface area (Å²) in [6, 6.07) is 15.0. The zero-order valence-electron chi connectivity index (χ0n) is 19.3. The van der Waals surface area contributed by atoms with Crippen molar-refractivity contribution >= 4 is 34.0 Å². The largest absolute Gasteiger partial charge is 0.354 e. The second-order valence-electron chi connectivity index (χ2n) is 8.51. The lowest BCUT2D eigenvalue weighted by atomic mass is 10.0. The fraction of sp³-hybridized carbons (Fsp3) is 0.308. The Kier molecular flexibility index (Phi) is 7.24. The standard InChI is InChI=1S/C26H27N5O2S/c1-18(2)19-6-8-20(9-7-19)24(32)29-25-22(10-16-34-25)26(33)31-13-4-12-30(14-15-31)23-21(17-27)5-3-11-28-23/h3,5-11,16,18H,4,12-15H2,1-2H3,(H,29,32). The summed E-state index contributed by atoms with van der Waals surface area (Å²) in [6.45, 7) is 6.64. The number of amides is 2. The minimum absolute atomic E-state index is 0.102. The van der Waals surface area contributed by atoms with Gasteiger partial charge < -0.3 is 15.1 Å². The van der Waals surface area contributed by atoms with Gasteiger partial charge in [-0.1, -0.05) is 26.0 Å². The van der Waals surface area contributed by atoms with Crippen molar-refractivity contribution in [1.29, 1.82) is 5.26 Å². The third kappa shape index (κ3) is 5.10. The molecule has 0 saturated carbocycles. The van der Waals surface area contributed by atoms with Crippen LogP contribution in [0.1, 0.15) is 58.0 Å². The van der Waals surface area contributed by atoms with Crippen molar-refractivity contribution in [2.75, 3.05) is 36.4 Å². The quantitative estimate of drug-likeness (QED) is 0.578.